The summed E-state index contributed by atoms with van der Waals surface area (Å²) in [6, 6.07) is 6.26. The predicted molar refractivity (Wildman–Crippen MR) is 84.1 cm³/mol. The summed E-state index contributed by atoms with van der Waals surface area (Å²) >= 11 is -1.45. The van der Waals surface area contributed by atoms with Crippen molar-refractivity contribution in [3.63, 3.8) is 0 Å². The zero-order valence-corrected chi connectivity index (χ0v) is 14.1. The van der Waals surface area contributed by atoms with Crippen molar-refractivity contribution < 1.29 is 18.5 Å². The third-order valence-electron chi connectivity index (χ3n) is 3.91. The molecular formula is C16H22FNO3S. The Morgan fingerprint density at radius 2 is 1.95 bits per heavy atom. The summed E-state index contributed by atoms with van der Waals surface area (Å²) in [6.45, 7) is 7.39. The van der Waals surface area contributed by atoms with Crippen molar-refractivity contribution in [2.24, 2.45) is 5.92 Å². The van der Waals surface area contributed by atoms with Crippen LogP contribution in [0.3, 0.4) is 0 Å². The molecule has 22 heavy (non-hydrogen) atoms. The van der Waals surface area contributed by atoms with Gasteiger partial charge in [0.05, 0.1) is 12.5 Å². The first kappa shape index (κ1) is 17.4. The van der Waals surface area contributed by atoms with Crippen LogP contribution in [0.25, 0.3) is 0 Å². The SMILES string of the molecule is CC(C)(C)[S@@+]([O-])N[C@](C)(c1ccccc1F)[C@H]1COCC1=O. The summed E-state index contributed by atoms with van der Waals surface area (Å²) in [7, 11) is 0. The van der Waals surface area contributed by atoms with Crippen molar-refractivity contribution in [2.75, 3.05) is 13.2 Å². The van der Waals surface area contributed by atoms with Crippen LogP contribution in [0, 0.1) is 11.7 Å². The largest absolute Gasteiger partial charge is 0.598 e. The van der Waals surface area contributed by atoms with E-state index in [0.717, 1.165) is 0 Å². The summed E-state index contributed by atoms with van der Waals surface area (Å²) in [4.78, 5) is 12.2. The van der Waals surface area contributed by atoms with Gasteiger partial charge >= 0.3 is 0 Å². The van der Waals surface area contributed by atoms with E-state index >= 15 is 0 Å². The van der Waals surface area contributed by atoms with Gasteiger partial charge in [0.25, 0.3) is 0 Å². The number of hydrogen-bond donors (Lipinski definition) is 1. The van der Waals surface area contributed by atoms with Gasteiger partial charge in [0.2, 0.25) is 0 Å². The molecule has 1 aliphatic heterocycles. The molecule has 0 amide bonds. The minimum atomic E-state index is -1.45. The van der Waals surface area contributed by atoms with E-state index in [1.54, 1.807) is 25.1 Å². The van der Waals surface area contributed by atoms with Crippen LogP contribution in [0.15, 0.2) is 24.3 Å². The van der Waals surface area contributed by atoms with Crippen LogP contribution in [0.5, 0.6) is 0 Å². The number of carbonyl (C=O) groups is 1. The van der Waals surface area contributed by atoms with Gasteiger partial charge in [-0.25, -0.2) is 4.39 Å². The molecule has 1 fully saturated rings. The number of Topliss-reactive ketones (excluding diaryl/α,β-unsaturated/α-hetero) is 1. The maximum Gasteiger partial charge on any atom is 0.166 e. The lowest BCUT2D eigenvalue weighted by Crippen LogP contribution is -2.55. The predicted octanol–water partition coefficient (Wildman–Crippen LogP) is 2.31. The van der Waals surface area contributed by atoms with Crippen LogP contribution in [0.2, 0.25) is 0 Å². The molecular weight excluding hydrogens is 305 g/mol. The summed E-state index contributed by atoms with van der Waals surface area (Å²) in [5.74, 6) is -1.11. The van der Waals surface area contributed by atoms with Gasteiger partial charge < -0.3 is 9.29 Å². The molecule has 1 heterocycles. The zero-order valence-electron chi connectivity index (χ0n) is 13.3. The highest BCUT2D eigenvalue weighted by atomic mass is 32.2. The van der Waals surface area contributed by atoms with Crippen LogP contribution >= 0.6 is 0 Å². The summed E-state index contributed by atoms with van der Waals surface area (Å²) in [5, 5.41) is 0. The number of carbonyl (C=O) groups excluding carboxylic acids is 1. The highest BCUT2D eigenvalue weighted by Crippen LogP contribution is 2.36. The van der Waals surface area contributed by atoms with Gasteiger partial charge in [-0.1, -0.05) is 18.2 Å². The number of ether oxygens (including phenoxy) is 1. The van der Waals surface area contributed by atoms with Gasteiger partial charge in [0, 0.05) is 16.9 Å². The third-order valence-corrected chi connectivity index (χ3v) is 5.63. The lowest BCUT2D eigenvalue weighted by molar-refractivity contribution is -0.122. The van der Waals surface area contributed by atoms with Crippen LogP contribution in [-0.2, 0) is 26.4 Å². The molecule has 0 unspecified atom stereocenters. The Hall–Kier alpha value is -0.950. The number of rotatable bonds is 4. The van der Waals surface area contributed by atoms with Gasteiger partial charge in [-0.2, -0.15) is 0 Å². The Morgan fingerprint density at radius 3 is 2.45 bits per heavy atom. The Balaban J connectivity index is 2.45. The fourth-order valence-electron chi connectivity index (χ4n) is 2.50. The van der Waals surface area contributed by atoms with Gasteiger partial charge in [0.15, 0.2) is 5.78 Å². The molecule has 6 heteroatoms. The standard InChI is InChI=1S/C16H22FNO3S/c1-15(2,3)22(20)18-16(4,12-9-21-10-14(12)19)11-7-5-6-8-13(11)17/h5-8,12,18H,9-10H2,1-4H3/t12-,16+,22+/m0/s1. The van der Waals surface area contributed by atoms with E-state index < -0.39 is 33.4 Å². The van der Waals surface area contributed by atoms with E-state index in [1.807, 2.05) is 20.8 Å². The van der Waals surface area contributed by atoms with Gasteiger partial charge in [0.1, 0.15) is 22.7 Å². The number of benzene rings is 1. The number of halogens is 1. The summed E-state index contributed by atoms with van der Waals surface area (Å²) < 4.78 is 34.6. The Morgan fingerprint density at radius 1 is 1.32 bits per heavy atom. The van der Waals surface area contributed by atoms with E-state index in [1.165, 1.54) is 6.07 Å². The maximum absolute atomic E-state index is 14.3. The molecule has 1 saturated heterocycles. The monoisotopic (exact) mass is 327 g/mol. The average Bonchev–Trinajstić information content (AvgIpc) is 2.84. The van der Waals surface area contributed by atoms with Crippen LogP contribution in [0.1, 0.15) is 33.3 Å². The van der Waals surface area contributed by atoms with Crippen molar-refractivity contribution in [2.45, 2.75) is 38.0 Å². The molecule has 1 N–H and O–H groups in total. The number of hydrogen-bond acceptors (Lipinski definition) is 4. The Kier molecular flexibility index (Phi) is 4.96. The first-order valence-corrected chi connectivity index (χ1v) is 8.36. The summed E-state index contributed by atoms with van der Waals surface area (Å²) in [5.41, 5.74) is -0.756. The lowest BCUT2D eigenvalue weighted by atomic mass is 9.79. The Labute approximate surface area is 133 Å². The highest BCUT2D eigenvalue weighted by Gasteiger charge is 2.49. The zero-order chi connectivity index (χ0) is 16.5. The molecule has 2 rings (SSSR count). The second-order valence-electron chi connectivity index (χ2n) is 6.70. The minimum absolute atomic E-state index is 0.0124. The lowest BCUT2D eigenvalue weighted by Gasteiger charge is -2.38. The van der Waals surface area contributed by atoms with Crippen molar-refractivity contribution >= 4 is 17.1 Å². The van der Waals surface area contributed by atoms with Gasteiger partial charge in [-0.05, 0) is 33.8 Å². The molecule has 0 radical (unpaired) electrons. The van der Waals surface area contributed by atoms with Crippen LogP contribution < -0.4 is 4.72 Å². The smallest absolute Gasteiger partial charge is 0.166 e. The number of nitrogens with one attached hydrogen (secondary N) is 1. The van der Waals surface area contributed by atoms with E-state index in [-0.39, 0.29) is 19.0 Å². The van der Waals surface area contributed by atoms with E-state index in [2.05, 4.69) is 4.72 Å². The topological polar surface area (TPSA) is 61.4 Å². The second kappa shape index (κ2) is 6.28. The first-order valence-electron chi connectivity index (χ1n) is 7.21. The minimum Gasteiger partial charge on any atom is -0.598 e. The molecule has 0 aliphatic carbocycles. The van der Waals surface area contributed by atoms with Crippen molar-refractivity contribution in [1.29, 1.82) is 0 Å². The molecule has 3 atom stereocenters. The molecule has 1 aliphatic rings. The molecule has 122 valence electrons. The third kappa shape index (κ3) is 3.35. The number of ketones is 1. The van der Waals surface area contributed by atoms with Crippen LogP contribution in [0.4, 0.5) is 4.39 Å². The molecule has 0 aromatic heterocycles. The van der Waals surface area contributed by atoms with E-state index in [9.17, 15) is 13.7 Å². The van der Waals surface area contributed by atoms with Crippen molar-refractivity contribution in [3.8, 4) is 0 Å². The molecule has 1 aromatic carbocycles. The normalized spacial score (nSPS) is 23.4. The van der Waals surface area contributed by atoms with E-state index in [0.29, 0.717) is 5.56 Å². The average molecular weight is 327 g/mol. The molecule has 0 bridgehead atoms. The fourth-order valence-corrected chi connectivity index (χ4v) is 3.44. The second-order valence-corrected chi connectivity index (χ2v) is 8.67. The molecule has 4 nitrogen and oxygen atoms in total. The molecule has 1 aromatic rings. The Bertz CT molecular complexity index is 561. The summed E-state index contributed by atoms with van der Waals surface area (Å²) in [6.07, 6.45) is 0. The van der Waals surface area contributed by atoms with E-state index in [4.69, 9.17) is 4.74 Å². The highest BCUT2D eigenvalue weighted by molar-refractivity contribution is 7.90. The quantitative estimate of drug-likeness (QED) is 0.862. The van der Waals surface area contributed by atoms with Gasteiger partial charge in [-0.15, -0.1) is 4.72 Å². The first-order chi connectivity index (χ1) is 10.2. The van der Waals surface area contributed by atoms with Crippen molar-refractivity contribution in [1.82, 2.24) is 4.72 Å². The fraction of sp³-hybridized carbons (Fsp3) is 0.562. The van der Waals surface area contributed by atoms with Gasteiger partial charge in [-0.3, -0.25) is 4.79 Å². The van der Waals surface area contributed by atoms with Crippen LogP contribution in [-0.4, -0.2) is 28.3 Å². The maximum atomic E-state index is 14.3. The van der Waals surface area contributed by atoms with Crippen molar-refractivity contribution in [3.05, 3.63) is 35.6 Å². The molecule has 0 saturated carbocycles. The molecule has 0 spiro atoms.